The molecule has 1 aromatic rings. The average Bonchev–Trinajstić information content (AvgIpc) is 3.01. The van der Waals surface area contributed by atoms with Crippen LogP contribution < -0.4 is 4.90 Å². The Morgan fingerprint density at radius 1 is 1.15 bits per heavy atom. The van der Waals surface area contributed by atoms with Crippen LogP contribution in [-0.2, 0) is 6.61 Å². The summed E-state index contributed by atoms with van der Waals surface area (Å²) in [6.45, 7) is 6.21. The number of aliphatic hydroxyl groups excluding tert-OH is 1. The Morgan fingerprint density at radius 2 is 1.90 bits per heavy atom. The van der Waals surface area contributed by atoms with Crippen LogP contribution in [-0.4, -0.2) is 47.7 Å². The second-order valence-corrected chi connectivity index (χ2v) is 6.10. The van der Waals surface area contributed by atoms with Gasteiger partial charge in [0.05, 0.1) is 12.3 Å². The molecule has 1 N–H and O–H groups in total. The summed E-state index contributed by atoms with van der Waals surface area (Å²) in [6.07, 6.45) is 7.15. The highest BCUT2D eigenvalue weighted by Crippen LogP contribution is 2.25. The van der Waals surface area contributed by atoms with Gasteiger partial charge in [0.1, 0.15) is 0 Å². The first-order valence-corrected chi connectivity index (χ1v) is 7.88. The van der Waals surface area contributed by atoms with Crippen molar-refractivity contribution in [2.75, 3.05) is 37.6 Å². The Balaban J connectivity index is 1.52. The molecule has 2 fully saturated rings. The van der Waals surface area contributed by atoms with E-state index < -0.39 is 0 Å². The number of nitrogens with zero attached hydrogens (tertiary/aromatic N) is 3. The number of anilines is 1. The van der Waals surface area contributed by atoms with Gasteiger partial charge in [0.25, 0.3) is 0 Å². The highest BCUT2D eigenvalue weighted by Gasteiger charge is 2.23. The van der Waals surface area contributed by atoms with Gasteiger partial charge in [-0.1, -0.05) is 0 Å². The smallest absolute Gasteiger partial charge is 0.0853 e. The SMILES string of the molecule is OCc1cc(N2CCC(CN3CCCC3)CC2)ccn1. The molecule has 110 valence electrons. The van der Waals surface area contributed by atoms with E-state index in [1.54, 1.807) is 6.20 Å². The topological polar surface area (TPSA) is 39.6 Å². The summed E-state index contributed by atoms with van der Waals surface area (Å²) in [6, 6.07) is 4.07. The normalized spacial score (nSPS) is 21.6. The summed E-state index contributed by atoms with van der Waals surface area (Å²) in [5.41, 5.74) is 1.98. The maximum absolute atomic E-state index is 9.18. The number of aromatic nitrogens is 1. The molecular formula is C16H25N3O. The number of rotatable bonds is 4. The van der Waals surface area contributed by atoms with Gasteiger partial charge in [0.2, 0.25) is 0 Å². The van der Waals surface area contributed by atoms with Gasteiger partial charge in [-0.05, 0) is 56.8 Å². The van der Waals surface area contributed by atoms with E-state index in [-0.39, 0.29) is 6.61 Å². The average molecular weight is 275 g/mol. The predicted molar refractivity (Wildman–Crippen MR) is 80.8 cm³/mol. The monoisotopic (exact) mass is 275 g/mol. The number of likely N-dealkylation sites (tertiary alicyclic amines) is 1. The van der Waals surface area contributed by atoms with Gasteiger partial charge >= 0.3 is 0 Å². The van der Waals surface area contributed by atoms with Crippen LogP contribution >= 0.6 is 0 Å². The minimum absolute atomic E-state index is 0.0270. The molecule has 3 rings (SSSR count). The Morgan fingerprint density at radius 3 is 2.60 bits per heavy atom. The van der Waals surface area contributed by atoms with Crippen LogP contribution in [0.25, 0.3) is 0 Å². The minimum Gasteiger partial charge on any atom is -0.390 e. The second kappa shape index (κ2) is 6.55. The van der Waals surface area contributed by atoms with Crippen molar-refractivity contribution in [3.05, 3.63) is 24.0 Å². The molecule has 0 unspecified atom stereocenters. The van der Waals surface area contributed by atoms with Gasteiger partial charge < -0.3 is 14.9 Å². The van der Waals surface area contributed by atoms with Gasteiger partial charge in [0, 0.05) is 31.5 Å². The van der Waals surface area contributed by atoms with E-state index in [0.717, 1.165) is 24.7 Å². The summed E-state index contributed by atoms with van der Waals surface area (Å²) in [4.78, 5) is 9.22. The Hall–Kier alpha value is -1.13. The van der Waals surface area contributed by atoms with Crippen molar-refractivity contribution >= 4 is 5.69 Å². The molecule has 2 aliphatic heterocycles. The van der Waals surface area contributed by atoms with Crippen molar-refractivity contribution in [3.8, 4) is 0 Å². The fourth-order valence-electron chi connectivity index (χ4n) is 3.45. The van der Waals surface area contributed by atoms with Gasteiger partial charge in [-0.3, -0.25) is 4.98 Å². The summed E-state index contributed by atoms with van der Waals surface area (Å²) >= 11 is 0. The quantitative estimate of drug-likeness (QED) is 0.911. The molecule has 4 nitrogen and oxygen atoms in total. The zero-order valence-corrected chi connectivity index (χ0v) is 12.2. The largest absolute Gasteiger partial charge is 0.390 e. The Bertz CT molecular complexity index is 423. The maximum atomic E-state index is 9.18. The lowest BCUT2D eigenvalue weighted by molar-refractivity contribution is 0.249. The van der Waals surface area contributed by atoms with E-state index in [4.69, 9.17) is 0 Å². The van der Waals surface area contributed by atoms with Crippen LogP contribution in [0.3, 0.4) is 0 Å². The number of aliphatic hydroxyl groups is 1. The van der Waals surface area contributed by atoms with Crippen LogP contribution in [0.1, 0.15) is 31.4 Å². The van der Waals surface area contributed by atoms with Crippen LogP contribution in [0.2, 0.25) is 0 Å². The molecule has 0 radical (unpaired) electrons. The molecular weight excluding hydrogens is 250 g/mol. The number of pyridine rings is 1. The second-order valence-electron chi connectivity index (χ2n) is 6.10. The molecule has 0 saturated carbocycles. The molecule has 0 amide bonds. The fraction of sp³-hybridized carbons (Fsp3) is 0.688. The fourth-order valence-corrected chi connectivity index (χ4v) is 3.45. The third kappa shape index (κ3) is 3.30. The van der Waals surface area contributed by atoms with Crippen LogP contribution in [0, 0.1) is 5.92 Å². The van der Waals surface area contributed by atoms with Gasteiger partial charge in [0.15, 0.2) is 0 Å². The first kappa shape index (κ1) is 13.8. The number of piperidine rings is 1. The van der Waals surface area contributed by atoms with Gasteiger partial charge in [-0.2, -0.15) is 0 Å². The third-order valence-electron chi connectivity index (χ3n) is 4.66. The van der Waals surface area contributed by atoms with Gasteiger partial charge in [-0.15, -0.1) is 0 Å². The molecule has 2 aliphatic rings. The van der Waals surface area contributed by atoms with E-state index in [0.29, 0.717) is 0 Å². The molecule has 20 heavy (non-hydrogen) atoms. The van der Waals surface area contributed by atoms with Crippen LogP contribution in [0.15, 0.2) is 18.3 Å². The number of hydrogen-bond acceptors (Lipinski definition) is 4. The van der Waals surface area contributed by atoms with E-state index in [2.05, 4.69) is 20.9 Å². The summed E-state index contributed by atoms with van der Waals surface area (Å²) in [7, 11) is 0. The van der Waals surface area contributed by atoms with Crippen LogP contribution in [0.5, 0.6) is 0 Å². The minimum atomic E-state index is 0.0270. The standard InChI is InChI=1S/C16H25N3O/c20-13-15-11-16(3-6-17-15)19-9-4-14(5-10-19)12-18-7-1-2-8-18/h3,6,11,14,20H,1-2,4-5,7-10,12-13H2. The zero-order chi connectivity index (χ0) is 13.8. The molecule has 0 bridgehead atoms. The molecule has 2 saturated heterocycles. The van der Waals surface area contributed by atoms with Crippen molar-refractivity contribution in [2.24, 2.45) is 5.92 Å². The Labute approximate surface area is 121 Å². The Kier molecular flexibility index (Phi) is 4.53. The van der Waals surface area contributed by atoms with Crippen molar-refractivity contribution in [3.63, 3.8) is 0 Å². The number of hydrogen-bond donors (Lipinski definition) is 1. The zero-order valence-electron chi connectivity index (χ0n) is 12.2. The molecule has 0 atom stereocenters. The van der Waals surface area contributed by atoms with Crippen molar-refractivity contribution < 1.29 is 5.11 Å². The lowest BCUT2D eigenvalue weighted by atomic mass is 9.96. The van der Waals surface area contributed by atoms with E-state index in [9.17, 15) is 5.11 Å². The molecule has 4 heteroatoms. The van der Waals surface area contributed by atoms with Crippen molar-refractivity contribution in [1.82, 2.24) is 9.88 Å². The van der Waals surface area contributed by atoms with Gasteiger partial charge in [-0.25, -0.2) is 0 Å². The lowest BCUT2D eigenvalue weighted by Crippen LogP contribution is -2.38. The maximum Gasteiger partial charge on any atom is 0.0853 e. The highest BCUT2D eigenvalue weighted by atomic mass is 16.3. The van der Waals surface area contributed by atoms with Crippen LogP contribution in [0.4, 0.5) is 5.69 Å². The molecule has 1 aromatic heterocycles. The molecule has 3 heterocycles. The van der Waals surface area contributed by atoms with E-state index >= 15 is 0 Å². The van der Waals surface area contributed by atoms with Crippen molar-refractivity contribution in [1.29, 1.82) is 0 Å². The van der Waals surface area contributed by atoms with E-state index in [1.165, 1.54) is 51.0 Å². The first-order chi connectivity index (χ1) is 9.85. The third-order valence-corrected chi connectivity index (χ3v) is 4.66. The van der Waals surface area contributed by atoms with E-state index in [1.807, 2.05) is 6.07 Å². The lowest BCUT2D eigenvalue weighted by Gasteiger charge is -2.35. The van der Waals surface area contributed by atoms with Crippen molar-refractivity contribution in [2.45, 2.75) is 32.3 Å². The molecule has 0 aromatic carbocycles. The summed E-state index contributed by atoms with van der Waals surface area (Å²) < 4.78 is 0. The predicted octanol–water partition coefficient (Wildman–Crippen LogP) is 1.89. The highest BCUT2D eigenvalue weighted by molar-refractivity contribution is 5.46. The summed E-state index contributed by atoms with van der Waals surface area (Å²) in [5.74, 6) is 0.864. The molecule has 0 aliphatic carbocycles. The molecule has 0 spiro atoms. The first-order valence-electron chi connectivity index (χ1n) is 7.88. The summed E-state index contributed by atoms with van der Waals surface area (Å²) in [5, 5.41) is 9.18.